The van der Waals surface area contributed by atoms with Crippen LogP contribution in [0.3, 0.4) is 0 Å². The van der Waals surface area contributed by atoms with Crippen LogP contribution in [0.5, 0.6) is 5.75 Å². The van der Waals surface area contributed by atoms with Crippen molar-refractivity contribution in [1.82, 2.24) is 5.32 Å². The molecule has 0 aliphatic rings. The Morgan fingerprint density at radius 3 is 2.31 bits per heavy atom. The lowest BCUT2D eigenvalue weighted by Gasteiger charge is -2.17. The minimum Gasteiger partial charge on any atom is -0.473 e. The summed E-state index contributed by atoms with van der Waals surface area (Å²) < 4.78 is 5.60. The molecular weight excluding hydrogens is 268 g/mol. The number of hydrogen-bond acceptors (Lipinski definition) is 2. The number of hydrogen-bond donors (Lipinski definition) is 1. The topological polar surface area (TPSA) is 21.3 Å². The summed E-state index contributed by atoms with van der Waals surface area (Å²) in [4.78, 5) is 0. The van der Waals surface area contributed by atoms with Crippen LogP contribution in [0, 0.1) is 0 Å². The second-order valence-electron chi connectivity index (χ2n) is 3.41. The first-order chi connectivity index (χ1) is 7.54. The average Bonchev–Trinajstić information content (AvgIpc) is 2.20. The summed E-state index contributed by atoms with van der Waals surface area (Å²) in [5.74, 6) is 0.462. The van der Waals surface area contributed by atoms with E-state index in [4.69, 9.17) is 39.5 Å². The van der Waals surface area contributed by atoms with Gasteiger partial charge >= 0.3 is 0 Å². The average molecular weight is 283 g/mol. The van der Waals surface area contributed by atoms with Crippen molar-refractivity contribution in [3.05, 3.63) is 27.2 Å². The maximum Gasteiger partial charge on any atom is 0.158 e. The lowest BCUT2D eigenvalue weighted by molar-refractivity contribution is 0.183. The molecule has 90 valence electrons. The van der Waals surface area contributed by atoms with Crippen LogP contribution in [-0.4, -0.2) is 12.8 Å². The van der Waals surface area contributed by atoms with E-state index in [1.165, 1.54) is 0 Å². The van der Waals surface area contributed by atoms with E-state index in [1.54, 1.807) is 12.1 Å². The molecule has 1 aromatic rings. The van der Waals surface area contributed by atoms with Crippen molar-refractivity contribution in [3.8, 4) is 5.75 Å². The highest BCUT2D eigenvalue weighted by molar-refractivity contribution is 6.40. The summed E-state index contributed by atoms with van der Waals surface area (Å²) in [5, 5.41) is 4.51. The molecule has 1 aromatic carbocycles. The van der Waals surface area contributed by atoms with Crippen LogP contribution in [0.4, 0.5) is 0 Å². The van der Waals surface area contributed by atoms with E-state index in [0.717, 1.165) is 13.0 Å². The van der Waals surface area contributed by atoms with E-state index in [1.807, 2.05) is 6.92 Å². The Bertz CT molecular complexity index is 334. The number of rotatable bonds is 5. The summed E-state index contributed by atoms with van der Waals surface area (Å²) in [6.45, 7) is 4.86. The van der Waals surface area contributed by atoms with Gasteiger partial charge in [0.15, 0.2) is 5.75 Å². The van der Waals surface area contributed by atoms with Gasteiger partial charge in [-0.25, -0.2) is 0 Å². The van der Waals surface area contributed by atoms with Crippen LogP contribution in [0.1, 0.15) is 20.3 Å². The predicted octanol–water partition coefficient (Wildman–Crippen LogP) is 4.37. The molecule has 0 heterocycles. The molecule has 0 aliphatic heterocycles. The second kappa shape index (κ2) is 6.55. The zero-order chi connectivity index (χ0) is 12.1. The van der Waals surface area contributed by atoms with Crippen molar-refractivity contribution >= 4 is 34.8 Å². The Kier molecular flexibility index (Phi) is 5.70. The third kappa shape index (κ3) is 4.02. The molecule has 16 heavy (non-hydrogen) atoms. The van der Waals surface area contributed by atoms with Gasteiger partial charge in [-0.15, -0.1) is 0 Å². The lowest BCUT2D eigenvalue weighted by atomic mass is 10.3. The number of halogens is 3. The third-order valence-corrected chi connectivity index (χ3v) is 2.72. The predicted molar refractivity (Wildman–Crippen MR) is 69.9 cm³/mol. The standard InChI is InChI=1S/C11H14Cl3NO/c1-3-4-15-7(2)16-11-9(13)5-8(12)6-10(11)14/h5-7,15H,3-4H2,1-2H3. The summed E-state index contributed by atoms with van der Waals surface area (Å²) in [6, 6.07) is 3.22. The molecule has 0 saturated carbocycles. The van der Waals surface area contributed by atoms with E-state index in [9.17, 15) is 0 Å². The first kappa shape index (κ1) is 13.9. The first-order valence-corrected chi connectivity index (χ1v) is 6.22. The fourth-order valence-corrected chi connectivity index (χ4v) is 2.11. The Labute approximate surface area is 111 Å². The van der Waals surface area contributed by atoms with Gasteiger partial charge in [0.25, 0.3) is 0 Å². The minimum atomic E-state index is -0.142. The molecule has 0 spiro atoms. The van der Waals surface area contributed by atoms with Crippen LogP contribution in [0.15, 0.2) is 12.1 Å². The smallest absolute Gasteiger partial charge is 0.158 e. The molecule has 1 unspecified atom stereocenters. The van der Waals surface area contributed by atoms with Crippen molar-refractivity contribution in [2.45, 2.75) is 26.5 Å². The highest BCUT2D eigenvalue weighted by Gasteiger charge is 2.12. The monoisotopic (exact) mass is 281 g/mol. The Balaban J connectivity index is 2.73. The molecule has 1 atom stereocenters. The van der Waals surface area contributed by atoms with E-state index in [2.05, 4.69) is 12.2 Å². The van der Waals surface area contributed by atoms with E-state index >= 15 is 0 Å². The molecule has 0 fully saturated rings. The summed E-state index contributed by atoms with van der Waals surface area (Å²) in [5.41, 5.74) is 0. The molecular formula is C11H14Cl3NO. The van der Waals surface area contributed by atoms with E-state index in [0.29, 0.717) is 20.8 Å². The van der Waals surface area contributed by atoms with Crippen LogP contribution in [-0.2, 0) is 0 Å². The third-order valence-electron chi connectivity index (χ3n) is 1.94. The molecule has 0 saturated heterocycles. The van der Waals surface area contributed by atoms with Gasteiger partial charge in [0.05, 0.1) is 10.0 Å². The molecule has 1 N–H and O–H groups in total. The zero-order valence-corrected chi connectivity index (χ0v) is 11.5. The Morgan fingerprint density at radius 1 is 1.25 bits per heavy atom. The number of benzene rings is 1. The highest BCUT2D eigenvalue weighted by atomic mass is 35.5. The van der Waals surface area contributed by atoms with Gasteiger partial charge in [0.1, 0.15) is 6.23 Å². The van der Waals surface area contributed by atoms with Crippen molar-refractivity contribution in [3.63, 3.8) is 0 Å². The molecule has 0 aromatic heterocycles. The fraction of sp³-hybridized carbons (Fsp3) is 0.455. The van der Waals surface area contributed by atoms with Crippen LogP contribution >= 0.6 is 34.8 Å². The van der Waals surface area contributed by atoms with Crippen molar-refractivity contribution in [2.75, 3.05) is 6.54 Å². The minimum absolute atomic E-state index is 0.142. The van der Waals surface area contributed by atoms with Crippen LogP contribution in [0.25, 0.3) is 0 Å². The van der Waals surface area contributed by atoms with Crippen LogP contribution in [0.2, 0.25) is 15.1 Å². The number of nitrogens with one attached hydrogen (secondary N) is 1. The van der Waals surface area contributed by atoms with Gasteiger partial charge in [-0.1, -0.05) is 41.7 Å². The molecule has 1 rings (SSSR count). The first-order valence-electron chi connectivity index (χ1n) is 5.09. The molecule has 0 bridgehead atoms. The maximum absolute atomic E-state index is 5.99. The normalized spacial score (nSPS) is 12.6. The summed E-state index contributed by atoms with van der Waals surface area (Å²) >= 11 is 17.8. The molecule has 2 nitrogen and oxygen atoms in total. The summed E-state index contributed by atoms with van der Waals surface area (Å²) in [7, 11) is 0. The summed E-state index contributed by atoms with van der Waals surface area (Å²) in [6.07, 6.45) is 0.895. The lowest BCUT2D eigenvalue weighted by Crippen LogP contribution is -2.32. The SMILES string of the molecule is CCCNC(C)Oc1c(Cl)cc(Cl)cc1Cl. The van der Waals surface area contributed by atoms with Gasteiger partial charge < -0.3 is 4.74 Å². The highest BCUT2D eigenvalue weighted by Crippen LogP contribution is 2.36. The van der Waals surface area contributed by atoms with Crippen molar-refractivity contribution in [2.24, 2.45) is 0 Å². The van der Waals surface area contributed by atoms with Gasteiger partial charge in [-0.05, 0) is 32.0 Å². The zero-order valence-electron chi connectivity index (χ0n) is 9.19. The number of ether oxygens (including phenoxy) is 1. The molecule has 0 radical (unpaired) electrons. The van der Waals surface area contributed by atoms with E-state index in [-0.39, 0.29) is 6.23 Å². The van der Waals surface area contributed by atoms with E-state index < -0.39 is 0 Å². The Morgan fingerprint density at radius 2 is 1.81 bits per heavy atom. The van der Waals surface area contributed by atoms with Gasteiger partial charge in [-0.3, -0.25) is 5.32 Å². The molecule has 5 heteroatoms. The van der Waals surface area contributed by atoms with Crippen LogP contribution < -0.4 is 10.1 Å². The molecule has 0 aliphatic carbocycles. The second-order valence-corrected chi connectivity index (χ2v) is 4.66. The fourth-order valence-electron chi connectivity index (χ4n) is 1.21. The van der Waals surface area contributed by atoms with Gasteiger partial charge in [0, 0.05) is 5.02 Å². The van der Waals surface area contributed by atoms with Gasteiger partial charge in [0.2, 0.25) is 0 Å². The maximum atomic E-state index is 5.99. The van der Waals surface area contributed by atoms with Gasteiger partial charge in [-0.2, -0.15) is 0 Å². The Hall–Kier alpha value is -0.150. The molecule has 0 amide bonds. The van der Waals surface area contributed by atoms with Crippen molar-refractivity contribution in [1.29, 1.82) is 0 Å². The quantitative estimate of drug-likeness (QED) is 0.810. The largest absolute Gasteiger partial charge is 0.473 e. The van der Waals surface area contributed by atoms with Crippen molar-refractivity contribution < 1.29 is 4.74 Å².